The lowest BCUT2D eigenvalue weighted by Gasteiger charge is -2.21. The maximum atomic E-state index is 13.1. The van der Waals surface area contributed by atoms with Crippen LogP contribution in [0.3, 0.4) is 0 Å². The molecule has 0 amide bonds. The zero-order valence-electron chi connectivity index (χ0n) is 14.0. The van der Waals surface area contributed by atoms with Crippen LogP contribution in [0.15, 0.2) is 18.2 Å². The fourth-order valence-corrected chi connectivity index (χ4v) is 2.53. The molecule has 0 aliphatic heterocycles. The molecule has 1 aromatic rings. The predicted molar refractivity (Wildman–Crippen MR) is 88.9 cm³/mol. The highest BCUT2D eigenvalue weighted by Crippen LogP contribution is 2.08. The lowest BCUT2D eigenvalue weighted by molar-refractivity contribution is 0.267. The highest BCUT2D eigenvalue weighted by molar-refractivity contribution is 5.17. The second-order valence-corrected chi connectivity index (χ2v) is 5.83. The summed E-state index contributed by atoms with van der Waals surface area (Å²) in [6, 6.07) is 4.07. The average Bonchev–Trinajstić information content (AvgIpc) is 2.51. The number of unbranched alkanes of at least 4 members (excludes halogenated alkanes) is 3. The van der Waals surface area contributed by atoms with E-state index in [0.717, 1.165) is 38.2 Å². The predicted octanol–water partition coefficient (Wildman–Crippen LogP) is 4.35. The summed E-state index contributed by atoms with van der Waals surface area (Å²) in [5.41, 5.74) is 0.781. The molecule has 0 atom stereocenters. The van der Waals surface area contributed by atoms with Gasteiger partial charge in [0.1, 0.15) is 0 Å². The summed E-state index contributed by atoms with van der Waals surface area (Å²) < 4.78 is 26.0. The lowest BCUT2D eigenvalue weighted by Crippen LogP contribution is -2.33. The van der Waals surface area contributed by atoms with Gasteiger partial charge in [-0.25, -0.2) is 8.78 Å². The van der Waals surface area contributed by atoms with Crippen LogP contribution in [0.4, 0.5) is 8.78 Å². The maximum absolute atomic E-state index is 13.1. The van der Waals surface area contributed by atoms with Crippen LogP contribution in [0.2, 0.25) is 0 Å². The van der Waals surface area contributed by atoms with E-state index in [4.69, 9.17) is 0 Å². The quantitative estimate of drug-likeness (QED) is 0.577. The van der Waals surface area contributed by atoms with Crippen LogP contribution >= 0.6 is 0 Å². The molecule has 0 aromatic heterocycles. The molecule has 0 unspecified atom stereocenters. The Morgan fingerprint density at radius 3 is 2.41 bits per heavy atom. The van der Waals surface area contributed by atoms with E-state index >= 15 is 0 Å². The molecular weight excluding hydrogens is 282 g/mol. The van der Waals surface area contributed by atoms with Gasteiger partial charge in [0.25, 0.3) is 0 Å². The van der Waals surface area contributed by atoms with Crippen molar-refractivity contribution in [2.75, 3.05) is 26.2 Å². The fourth-order valence-electron chi connectivity index (χ4n) is 2.53. The van der Waals surface area contributed by atoms with E-state index in [2.05, 4.69) is 24.1 Å². The first-order valence-electron chi connectivity index (χ1n) is 8.54. The Bertz CT molecular complexity index is 410. The van der Waals surface area contributed by atoms with E-state index in [1.165, 1.54) is 37.8 Å². The summed E-state index contributed by atoms with van der Waals surface area (Å²) in [6.07, 6.45) is 6.31. The number of hydrogen-bond acceptors (Lipinski definition) is 2. The van der Waals surface area contributed by atoms with Gasteiger partial charge in [0, 0.05) is 19.6 Å². The Morgan fingerprint density at radius 2 is 1.73 bits per heavy atom. The highest BCUT2D eigenvalue weighted by Gasteiger charge is 2.04. The molecule has 1 N–H and O–H groups in total. The fraction of sp³-hybridized carbons (Fsp3) is 0.667. The SMILES string of the molecule is CCCCCCN(CCC)CCNCc1ccc(F)c(F)c1. The molecule has 0 aliphatic carbocycles. The van der Waals surface area contributed by atoms with Gasteiger partial charge < -0.3 is 10.2 Å². The second kappa shape index (κ2) is 11.6. The van der Waals surface area contributed by atoms with E-state index in [1.807, 2.05) is 0 Å². The Balaban J connectivity index is 2.22. The van der Waals surface area contributed by atoms with Crippen molar-refractivity contribution < 1.29 is 8.78 Å². The van der Waals surface area contributed by atoms with Crippen LogP contribution in [0.5, 0.6) is 0 Å². The van der Waals surface area contributed by atoms with Crippen molar-refractivity contribution in [2.45, 2.75) is 52.5 Å². The van der Waals surface area contributed by atoms with Crippen molar-refractivity contribution in [2.24, 2.45) is 0 Å². The molecule has 0 heterocycles. The molecule has 0 radical (unpaired) electrons. The Morgan fingerprint density at radius 1 is 0.909 bits per heavy atom. The zero-order chi connectivity index (χ0) is 16.2. The smallest absolute Gasteiger partial charge is 0.159 e. The van der Waals surface area contributed by atoms with Crippen molar-refractivity contribution in [3.63, 3.8) is 0 Å². The average molecular weight is 312 g/mol. The first-order chi connectivity index (χ1) is 10.7. The molecule has 2 nitrogen and oxygen atoms in total. The summed E-state index contributed by atoms with van der Waals surface area (Å²) >= 11 is 0. The van der Waals surface area contributed by atoms with Gasteiger partial charge in [-0.2, -0.15) is 0 Å². The number of nitrogens with one attached hydrogen (secondary N) is 1. The number of nitrogens with zero attached hydrogens (tertiary/aromatic N) is 1. The van der Waals surface area contributed by atoms with Gasteiger partial charge >= 0.3 is 0 Å². The van der Waals surface area contributed by atoms with E-state index in [1.54, 1.807) is 6.07 Å². The zero-order valence-corrected chi connectivity index (χ0v) is 14.0. The lowest BCUT2D eigenvalue weighted by atomic mass is 10.2. The summed E-state index contributed by atoms with van der Waals surface area (Å²) in [5.74, 6) is -1.56. The first kappa shape index (κ1) is 19.0. The monoisotopic (exact) mass is 312 g/mol. The summed E-state index contributed by atoms with van der Waals surface area (Å²) in [7, 11) is 0. The molecule has 0 spiro atoms. The van der Waals surface area contributed by atoms with Crippen LogP contribution in [-0.2, 0) is 6.54 Å². The first-order valence-corrected chi connectivity index (χ1v) is 8.54. The normalized spacial score (nSPS) is 11.3. The van der Waals surface area contributed by atoms with E-state index < -0.39 is 11.6 Å². The third-order valence-corrected chi connectivity index (χ3v) is 3.79. The summed E-state index contributed by atoms with van der Waals surface area (Å²) in [4.78, 5) is 2.48. The molecule has 126 valence electrons. The topological polar surface area (TPSA) is 15.3 Å². The van der Waals surface area contributed by atoms with Crippen molar-refractivity contribution in [3.8, 4) is 0 Å². The largest absolute Gasteiger partial charge is 0.311 e. The number of benzene rings is 1. The Kier molecular flexibility index (Phi) is 10.0. The molecule has 0 saturated carbocycles. The van der Waals surface area contributed by atoms with E-state index in [-0.39, 0.29) is 0 Å². The van der Waals surface area contributed by atoms with Crippen LogP contribution in [0.25, 0.3) is 0 Å². The van der Waals surface area contributed by atoms with Gasteiger partial charge in [-0.05, 0) is 43.6 Å². The van der Waals surface area contributed by atoms with Gasteiger partial charge in [-0.15, -0.1) is 0 Å². The molecule has 0 saturated heterocycles. The Labute approximate surface area is 133 Å². The molecule has 0 bridgehead atoms. The summed E-state index contributed by atoms with van der Waals surface area (Å²) in [5, 5.41) is 3.31. The standard InChI is InChI=1S/C18H30F2N2/c1-3-5-6-7-12-22(11-4-2)13-10-21-15-16-8-9-17(19)18(20)14-16/h8-9,14,21H,3-7,10-13,15H2,1-2H3. The molecule has 1 rings (SSSR count). The van der Waals surface area contributed by atoms with Crippen molar-refractivity contribution in [1.29, 1.82) is 0 Å². The minimum Gasteiger partial charge on any atom is -0.311 e. The molecule has 0 aliphatic rings. The van der Waals surface area contributed by atoms with Crippen LogP contribution in [-0.4, -0.2) is 31.1 Å². The van der Waals surface area contributed by atoms with Gasteiger partial charge in [-0.3, -0.25) is 0 Å². The van der Waals surface area contributed by atoms with Crippen molar-refractivity contribution in [1.82, 2.24) is 10.2 Å². The number of hydrogen-bond donors (Lipinski definition) is 1. The van der Waals surface area contributed by atoms with Gasteiger partial charge in [-0.1, -0.05) is 39.2 Å². The van der Waals surface area contributed by atoms with Crippen LogP contribution in [0.1, 0.15) is 51.5 Å². The van der Waals surface area contributed by atoms with Gasteiger partial charge in [0.2, 0.25) is 0 Å². The molecule has 1 aromatic carbocycles. The number of rotatable bonds is 12. The number of halogens is 2. The van der Waals surface area contributed by atoms with Gasteiger partial charge in [0.05, 0.1) is 0 Å². The van der Waals surface area contributed by atoms with Crippen LogP contribution < -0.4 is 5.32 Å². The van der Waals surface area contributed by atoms with Crippen LogP contribution in [0, 0.1) is 11.6 Å². The molecule has 22 heavy (non-hydrogen) atoms. The third kappa shape index (κ3) is 7.85. The van der Waals surface area contributed by atoms with E-state index in [9.17, 15) is 8.78 Å². The van der Waals surface area contributed by atoms with Crippen molar-refractivity contribution in [3.05, 3.63) is 35.4 Å². The second-order valence-electron chi connectivity index (χ2n) is 5.83. The van der Waals surface area contributed by atoms with E-state index in [0.29, 0.717) is 6.54 Å². The summed E-state index contributed by atoms with van der Waals surface area (Å²) in [6.45, 7) is 9.16. The van der Waals surface area contributed by atoms with Gasteiger partial charge in [0.15, 0.2) is 11.6 Å². The maximum Gasteiger partial charge on any atom is 0.159 e. The third-order valence-electron chi connectivity index (χ3n) is 3.79. The molecule has 4 heteroatoms. The van der Waals surface area contributed by atoms with Crippen molar-refractivity contribution >= 4 is 0 Å². The molecular formula is C18H30F2N2. The highest BCUT2D eigenvalue weighted by atomic mass is 19.2. The minimum atomic E-state index is -0.787. The Hall–Kier alpha value is -1.00. The molecule has 0 fully saturated rings. The minimum absolute atomic E-state index is 0.576.